The van der Waals surface area contributed by atoms with E-state index in [-0.39, 0.29) is 10.6 Å². The van der Waals surface area contributed by atoms with Crippen LogP contribution in [-0.4, -0.2) is 26.5 Å². The van der Waals surface area contributed by atoms with Crippen molar-refractivity contribution >= 4 is 15.5 Å². The van der Waals surface area contributed by atoms with Crippen molar-refractivity contribution in [3.63, 3.8) is 0 Å². The van der Waals surface area contributed by atoms with Crippen LogP contribution < -0.4 is 4.74 Å². The zero-order chi connectivity index (χ0) is 11.2. The second-order valence-electron chi connectivity index (χ2n) is 3.46. The number of rotatable bonds is 1. The van der Waals surface area contributed by atoms with Gasteiger partial charge in [0.25, 0.3) is 0 Å². The summed E-state index contributed by atoms with van der Waals surface area (Å²) in [7, 11) is -1.89. The standard InChI is InChI=1S/C10H11NO3S/c1-6-10(11)8-4-3-7(14-2)5-9(8)15(6,12)13/h3-6,11H,1-2H3/t6-/m0/s1. The Morgan fingerprint density at radius 2 is 2.07 bits per heavy atom. The summed E-state index contributed by atoms with van der Waals surface area (Å²) < 4.78 is 28.7. The summed E-state index contributed by atoms with van der Waals surface area (Å²) in [4.78, 5) is 0.208. The quantitative estimate of drug-likeness (QED) is 0.781. The van der Waals surface area contributed by atoms with Gasteiger partial charge in [-0.2, -0.15) is 0 Å². The summed E-state index contributed by atoms with van der Waals surface area (Å²) in [5, 5.41) is 6.95. The molecule has 2 rings (SSSR count). The number of ether oxygens (including phenoxy) is 1. The first-order chi connectivity index (χ1) is 6.98. The molecule has 1 aliphatic heterocycles. The maximum Gasteiger partial charge on any atom is 0.187 e. The summed E-state index contributed by atoms with van der Waals surface area (Å²) in [5.74, 6) is 0.499. The zero-order valence-corrected chi connectivity index (χ0v) is 9.26. The first kappa shape index (κ1) is 10.2. The lowest BCUT2D eigenvalue weighted by atomic mass is 10.1. The fourth-order valence-electron chi connectivity index (χ4n) is 1.65. The summed E-state index contributed by atoms with van der Waals surface area (Å²) in [6.45, 7) is 1.53. The highest BCUT2D eigenvalue weighted by molar-refractivity contribution is 7.93. The molecule has 1 aliphatic rings. The van der Waals surface area contributed by atoms with Gasteiger partial charge in [0.2, 0.25) is 0 Å². The van der Waals surface area contributed by atoms with Gasteiger partial charge in [0.15, 0.2) is 9.84 Å². The average molecular weight is 225 g/mol. The molecule has 0 radical (unpaired) electrons. The number of fused-ring (bicyclic) bond motifs is 1. The van der Waals surface area contributed by atoms with E-state index in [1.807, 2.05) is 0 Å². The van der Waals surface area contributed by atoms with Crippen LogP contribution in [-0.2, 0) is 9.84 Å². The maximum atomic E-state index is 11.9. The Labute approximate surface area is 88.3 Å². The lowest BCUT2D eigenvalue weighted by Gasteiger charge is -2.02. The lowest BCUT2D eigenvalue weighted by molar-refractivity contribution is 0.413. The van der Waals surface area contributed by atoms with Crippen molar-refractivity contribution in [3.8, 4) is 5.75 Å². The lowest BCUT2D eigenvalue weighted by Crippen LogP contribution is -2.17. The molecule has 1 N–H and O–H groups in total. The van der Waals surface area contributed by atoms with Crippen LogP contribution in [0.3, 0.4) is 0 Å². The van der Waals surface area contributed by atoms with E-state index in [9.17, 15) is 8.42 Å². The summed E-state index contributed by atoms with van der Waals surface area (Å²) in [6, 6.07) is 4.77. The van der Waals surface area contributed by atoms with Gasteiger partial charge in [-0.25, -0.2) is 8.42 Å². The second kappa shape index (κ2) is 3.06. The normalized spacial score (nSPS) is 22.5. The zero-order valence-electron chi connectivity index (χ0n) is 8.44. The highest BCUT2D eigenvalue weighted by atomic mass is 32.2. The molecule has 1 atom stereocenters. The Balaban J connectivity index is 2.74. The largest absolute Gasteiger partial charge is 0.497 e. The number of sulfone groups is 1. The molecule has 0 spiro atoms. The number of hydrogen-bond donors (Lipinski definition) is 1. The summed E-state index contributed by atoms with van der Waals surface area (Å²) >= 11 is 0. The monoisotopic (exact) mass is 225 g/mol. The molecule has 0 bridgehead atoms. The Bertz CT molecular complexity index is 534. The number of benzene rings is 1. The van der Waals surface area contributed by atoms with Crippen molar-refractivity contribution in [1.29, 1.82) is 5.41 Å². The van der Waals surface area contributed by atoms with E-state index < -0.39 is 15.1 Å². The molecule has 80 valence electrons. The van der Waals surface area contributed by atoms with Crippen molar-refractivity contribution in [3.05, 3.63) is 23.8 Å². The van der Waals surface area contributed by atoms with Crippen LogP contribution >= 0.6 is 0 Å². The molecule has 0 aromatic heterocycles. The van der Waals surface area contributed by atoms with E-state index in [4.69, 9.17) is 10.1 Å². The van der Waals surface area contributed by atoms with Gasteiger partial charge in [0.1, 0.15) is 11.0 Å². The van der Waals surface area contributed by atoms with Gasteiger partial charge in [-0.05, 0) is 25.1 Å². The minimum absolute atomic E-state index is 0.160. The fourth-order valence-corrected chi connectivity index (χ4v) is 3.24. The Hall–Kier alpha value is -1.36. The summed E-state index contributed by atoms with van der Waals surface area (Å²) in [6.07, 6.45) is 0. The third kappa shape index (κ3) is 1.26. The summed E-state index contributed by atoms with van der Waals surface area (Å²) in [5.41, 5.74) is 0.649. The van der Waals surface area contributed by atoms with Crippen LogP contribution in [0.5, 0.6) is 5.75 Å². The molecule has 5 heteroatoms. The minimum Gasteiger partial charge on any atom is -0.497 e. The van der Waals surface area contributed by atoms with Crippen molar-refractivity contribution in [2.45, 2.75) is 17.1 Å². The van der Waals surface area contributed by atoms with Crippen LogP contribution in [0.2, 0.25) is 0 Å². The van der Waals surface area contributed by atoms with Crippen LogP contribution in [0.15, 0.2) is 23.1 Å². The topological polar surface area (TPSA) is 67.2 Å². The Morgan fingerprint density at radius 1 is 1.40 bits per heavy atom. The molecule has 1 heterocycles. The second-order valence-corrected chi connectivity index (χ2v) is 5.70. The van der Waals surface area contributed by atoms with E-state index >= 15 is 0 Å². The van der Waals surface area contributed by atoms with Gasteiger partial charge in [-0.3, -0.25) is 0 Å². The predicted molar refractivity (Wildman–Crippen MR) is 56.5 cm³/mol. The Kier molecular flexibility index (Phi) is 2.08. The van der Waals surface area contributed by atoms with Crippen molar-refractivity contribution in [1.82, 2.24) is 0 Å². The fraction of sp³-hybridized carbons (Fsp3) is 0.300. The third-order valence-corrected chi connectivity index (χ3v) is 4.77. The molecule has 0 saturated carbocycles. The van der Waals surface area contributed by atoms with Crippen molar-refractivity contribution in [2.24, 2.45) is 0 Å². The molecule has 0 fully saturated rings. The first-order valence-corrected chi connectivity index (χ1v) is 6.04. The SMILES string of the molecule is COc1ccc2c(c1)S(=O)(=O)[C@@H](C)C2=N. The highest BCUT2D eigenvalue weighted by Gasteiger charge is 2.38. The first-order valence-electron chi connectivity index (χ1n) is 4.49. The van der Waals surface area contributed by atoms with Gasteiger partial charge in [-0.15, -0.1) is 0 Å². The third-order valence-electron chi connectivity index (χ3n) is 2.66. The Morgan fingerprint density at radius 3 is 2.67 bits per heavy atom. The molecule has 0 unspecified atom stereocenters. The van der Waals surface area contributed by atoms with Crippen LogP contribution in [0.1, 0.15) is 12.5 Å². The van der Waals surface area contributed by atoms with Crippen LogP contribution in [0.25, 0.3) is 0 Å². The average Bonchev–Trinajstić information content (AvgIpc) is 2.40. The number of methoxy groups -OCH3 is 1. The van der Waals surface area contributed by atoms with Gasteiger partial charge in [0, 0.05) is 5.56 Å². The van der Waals surface area contributed by atoms with E-state index in [1.54, 1.807) is 12.1 Å². The highest BCUT2D eigenvalue weighted by Crippen LogP contribution is 2.33. The van der Waals surface area contributed by atoms with Crippen molar-refractivity contribution in [2.75, 3.05) is 7.11 Å². The van der Waals surface area contributed by atoms with E-state index in [2.05, 4.69) is 0 Å². The molecule has 0 aliphatic carbocycles. The smallest absolute Gasteiger partial charge is 0.187 e. The molecule has 0 saturated heterocycles. The van der Waals surface area contributed by atoms with Gasteiger partial charge < -0.3 is 10.1 Å². The predicted octanol–water partition coefficient (Wildman–Crippen LogP) is 1.24. The van der Waals surface area contributed by atoms with Gasteiger partial charge >= 0.3 is 0 Å². The molecular weight excluding hydrogens is 214 g/mol. The number of nitrogens with one attached hydrogen (secondary N) is 1. The van der Waals surface area contributed by atoms with Gasteiger partial charge in [-0.1, -0.05) is 0 Å². The molecular formula is C10H11NO3S. The molecule has 1 aromatic carbocycles. The minimum atomic E-state index is -3.37. The van der Waals surface area contributed by atoms with Crippen molar-refractivity contribution < 1.29 is 13.2 Å². The molecule has 15 heavy (non-hydrogen) atoms. The van der Waals surface area contributed by atoms with E-state index in [0.29, 0.717) is 11.3 Å². The van der Waals surface area contributed by atoms with Crippen LogP contribution in [0.4, 0.5) is 0 Å². The maximum absolute atomic E-state index is 11.9. The molecule has 4 nitrogen and oxygen atoms in total. The van der Waals surface area contributed by atoms with E-state index in [0.717, 1.165) is 0 Å². The van der Waals surface area contributed by atoms with Gasteiger partial charge in [0.05, 0.1) is 17.7 Å². The molecule has 0 amide bonds. The van der Waals surface area contributed by atoms with Crippen LogP contribution in [0, 0.1) is 5.41 Å². The number of hydrogen-bond acceptors (Lipinski definition) is 4. The molecule has 1 aromatic rings. The van der Waals surface area contributed by atoms with E-state index in [1.165, 1.54) is 20.1 Å².